The lowest BCUT2D eigenvalue weighted by molar-refractivity contribution is -0.126. The summed E-state index contributed by atoms with van der Waals surface area (Å²) < 4.78 is 15.7. The molecule has 0 radical (unpaired) electrons. The van der Waals surface area contributed by atoms with Crippen LogP contribution in [0.3, 0.4) is 0 Å². The quantitative estimate of drug-likeness (QED) is 0.345. The molecule has 6 heteroatoms. The average molecular weight is 490 g/mol. The van der Waals surface area contributed by atoms with Crippen LogP contribution in [0.2, 0.25) is 5.02 Å². The van der Waals surface area contributed by atoms with Crippen LogP contribution in [0.5, 0.6) is 0 Å². The topological polar surface area (TPSA) is 37.3 Å². The van der Waals surface area contributed by atoms with Crippen LogP contribution < -0.4 is 5.32 Å². The molecule has 0 spiro atoms. The molecule has 5 rings (SSSR count). The number of nitrogens with one attached hydrogen (secondary N) is 1. The predicted octanol–water partition coefficient (Wildman–Crippen LogP) is 6.01. The fraction of sp³-hybridized carbons (Fsp3) is 0.276. The van der Waals surface area contributed by atoms with E-state index in [9.17, 15) is 9.18 Å². The average Bonchev–Trinajstić information content (AvgIpc) is 3.21. The molecule has 2 heterocycles. The van der Waals surface area contributed by atoms with Crippen LogP contribution in [0.1, 0.15) is 29.7 Å². The number of amides is 1. The van der Waals surface area contributed by atoms with Crippen molar-refractivity contribution in [3.8, 4) is 0 Å². The molecule has 3 aromatic carbocycles. The van der Waals surface area contributed by atoms with Crippen LogP contribution in [-0.4, -0.2) is 28.5 Å². The molecular formula is C29H29ClFN3O. The van der Waals surface area contributed by atoms with Gasteiger partial charge in [0.15, 0.2) is 0 Å². The molecule has 180 valence electrons. The van der Waals surface area contributed by atoms with Crippen LogP contribution in [0.25, 0.3) is 10.9 Å². The Kier molecular flexibility index (Phi) is 7.16. The zero-order chi connectivity index (χ0) is 24.2. The minimum Gasteiger partial charge on any atom is -0.352 e. The molecule has 0 unspecified atom stereocenters. The smallest absolute Gasteiger partial charge is 0.223 e. The number of piperidine rings is 1. The summed E-state index contributed by atoms with van der Waals surface area (Å²) in [4.78, 5) is 15.1. The van der Waals surface area contributed by atoms with Gasteiger partial charge in [-0.25, -0.2) is 4.39 Å². The van der Waals surface area contributed by atoms with E-state index in [4.69, 9.17) is 11.6 Å². The number of halogens is 2. The van der Waals surface area contributed by atoms with Gasteiger partial charge in [0, 0.05) is 41.8 Å². The number of aromatic nitrogens is 1. The molecule has 0 aliphatic carbocycles. The van der Waals surface area contributed by atoms with E-state index in [1.807, 2.05) is 24.3 Å². The molecule has 35 heavy (non-hydrogen) atoms. The molecule has 0 atom stereocenters. The molecule has 1 aromatic heterocycles. The number of carbonyl (C=O) groups excluding carboxylic acids is 1. The van der Waals surface area contributed by atoms with Gasteiger partial charge in [-0.3, -0.25) is 9.69 Å². The number of hydrogen-bond donors (Lipinski definition) is 1. The molecule has 1 aliphatic heterocycles. The summed E-state index contributed by atoms with van der Waals surface area (Å²) in [6.07, 6.45) is 1.64. The van der Waals surface area contributed by atoms with E-state index < -0.39 is 0 Å². The fourth-order valence-electron chi connectivity index (χ4n) is 4.95. The van der Waals surface area contributed by atoms with Crippen LogP contribution in [0, 0.1) is 11.7 Å². The van der Waals surface area contributed by atoms with E-state index in [1.54, 1.807) is 6.07 Å². The van der Waals surface area contributed by atoms with E-state index in [1.165, 1.54) is 28.7 Å². The first-order valence-electron chi connectivity index (χ1n) is 12.1. The fourth-order valence-corrected chi connectivity index (χ4v) is 5.14. The van der Waals surface area contributed by atoms with Gasteiger partial charge in [0.05, 0.1) is 0 Å². The normalized spacial score (nSPS) is 14.9. The van der Waals surface area contributed by atoms with Gasteiger partial charge in [0.25, 0.3) is 0 Å². The third-order valence-corrected chi connectivity index (χ3v) is 7.25. The Labute approximate surface area is 210 Å². The Hall–Kier alpha value is -3.15. The van der Waals surface area contributed by atoms with E-state index >= 15 is 0 Å². The number of hydrogen-bond acceptors (Lipinski definition) is 2. The maximum atomic E-state index is 13.4. The Morgan fingerprint density at radius 3 is 2.51 bits per heavy atom. The molecule has 1 saturated heterocycles. The van der Waals surface area contributed by atoms with Gasteiger partial charge >= 0.3 is 0 Å². The van der Waals surface area contributed by atoms with Gasteiger partial charge in [-0.1, -0.05) is 60.1 Å². The third-order valence-electron chi connectivity index (χ3n) is 6.88. The predicted molar refractivity (Wildman–Crippen MR) is 139 cm³/mol. The summed E-state index contributed by atoms with van der Waals surface area (Å²) in [5.41, 5.74) is 4.33. The molecule has 0 saturated carbocycles. The first kappa shape index (κ1) is 23.6. The van der Waals surface area contributed by atoms with Gasteiger partial charge < -0.3 is 9.88 Å². The van der Waals surface area contributed by atoms with Gasteiger partial charge in [-0.15, -0.1) is 0 Å². The summed E-state index contributed by atoms with van der Waals surface area (Å²) >= 11 is 6.47. The Bertz CT molecular complexity index is 1330. The molecule has 1 amide bonds. The number of rotatable bonds is 7. The monoisotopic (exact) mass is 489 g/mol. The number of nitrogens with zero attached hydrogens (tertiary/aromatic N) is 2. The molecule has 4 nitrogen and oxygen atoms in total. The number of likely N-dealkylation sites (tertiary alicyclic amines) is 1. The second-order valence-electron chi connectivity index (χ2n) is 9.27. The standard InChI is InChI=1S/C29H29ClFN3O/c30-27-10-3-1-8-24(27)19-34-26(17-23-7-2-4-11-28(23)34)20-33-14-12-22(13-15-33)29(35)32-18-21-6-5-9-25(31)16-21/h1-11,16-17,22H,12-15,18-20H2,(H,32,35). The Balaban J connectivity index is 1.23. The van der Waals surface area contributed by atoms with Crippen LogP contribution in [0.15, 0.2) is 78.9 Å². The van der Waals surface area contributed by atoms with Crippen molar-refractivity contribution < 1.29 is 9.18 Å². The summed E-state index contributed by atoms with van der Waals surface area (Å²) in [6.45, 7) is 3.65. The number of para-hydroxylation sites is 1. The van der Waals surface area contributed by atoms with Crippen molar-refractivity contribution >= 4 is 28.4 Å². The number of benzene rings is 3. The maximum Gasteiger partial charge on any atom is 0.223 e. The molecule has 1 N–H and O–H groups in total. The second-order valence-corrected chi connectivity index (χ2v) is 9.68. The zero-order valence-corrected chi connectivity index (χ0v) is 20.3. The first-order valence-corrected chi connectivity index (χ1v) is 12.5. The minimum atomic E-state index is -0.281. The van der Waals surface area contributed by atoms with E-state index in [2.05, 4.69) is 51.2 Å². The Morgan fingerprint density at radius 1 is 0.943 bits per heavy atom. The van der Waals surface area contributed by atoms with Crippen molar-refractivity contribution in [1.82, 2.24) is 14.8 Å². The molecule has 0 bridgehead atoms. The number of fused-ring (bicyclic) bond motifs is 1. The zero-order valence-electron chi connectivity index (χ0n) is 19.6. The second kappa shape index (κ2) is 10.6. The van der Waals surface area contributed by atoms with Crippen LogP contribution in [-0.2, 0) is 24.4 Å². The van der Waals surface area contributed by atoms with Crippen molar-refractivity contribution in [1.29, 1.82) is 0 Å². The maximum absolute atomic E-state index is 13.4. The highest BCUT2D eigenvalue weighted by Crippen LogP contribution is 2.26. The summed E-state index contributed by atoms with van der Waals surface area (Å²) in [6, 6.07) is 25.1. The van der Waals surface area contributed by atoms with Gasteiger partial charge in [0.2, 0.25) is 5.91 Å². The molecule has 4 aromatic rings. The lowest BCUT2D eigenvalue weighted by atomic mass is 9.95. The van der Waals surface area contributed by atoms with Crippen LogP contribution >= 0.6 is 11.6 Å². The molecule has 1 aliphatic rings. The summed E-state index contributed by atoms with van der Waals surface area (Å²) in [5, 5.41) is 4.98. The highest BCUT2D eigenvalue weighted by Gasteiger charge is 2.25. The lowest BCUT2D eigenvalue weighted by Gasteiger charge is -2.31. The SMILES string of the molecule is O=C(NCc1cccc(F)c1)C1CCN(Cc2cc3ccccc3n2Cc2ccccc2Cl)CC1. The minimum absolute atomic E-state index is 0.00575. The van der Waals surface area contributed by atoms with Gasteiger partial charge in [0.1, 0.15) is 5.82 Å². The number of carbonyl (C=O) groups is 1. The first-order chi connectivity index (χ1) is 17.1. The highest BCUT2D eigenvalue weighted by molar-refractivity contribution is 6.31. The highest BCUT2D eigenvalue weighted by atomic mass is 35.5. The van der Waals surface area contributed by atoms with E-state index in [0.717, 1.165) is 55.2 Å². The van der Waals surface area contributed by atoms with Gasteiger partial charge in [-0.2, -0.15) is 0 Å². The molecule has 1 fully saturated rings. The van der Waals surface area contributed by atoms with Crippen molar-refractivity contribution in [3.63, 3.8) is 0 Å². The largest absolute Gasteiger partial charge is 0.352 e. The Morgan fingerprint density at radius 2 is 1.71 bits per heavy atom. The summed E-state index contributed by atoms with van der Waals surface area (Å²) in [5.74, 6) is -0.229. The van der Waals surface area contributed by atoms with Gasteiger partial charge in [-0.05, 0) is 72.8 Å². The van der Waals surface area contributed by atoms with Crippen molar-refractivity contribution in [2.24, 2.45) is 5.92 Å². The third kappa shape index (κ3) is 5.58. The van der Waals surface area contributed by atoms with E-state index in [-0.39, 0.29) is 17.6 Å². The van der Waals surface area contributed by atoms with Crippen molar-refractivity contribution in [2.75, 3.05) is 13.1 Å². The van der Waals surface area contributed by atoms with E-state index in [0.29, 0.717) is 6.54 Å². The van der Waals surface area contributed by atoms with Crippen LogP contribution in [0.4, 0.5) is 4.39 Å². The lowest BCUT2D eigenvalue weighted by Crippen LogP contribution is -2.40. The molecular weight excluding hydrogens is 461 g/mol. The summed E-state index contributed by atoms with van der Waals surface area (Å²) in [7, 11) is 0. The van der Waals surface area contributed by atoms with Crippen molar-refractivity contribution in [3.05, 3.63) is 107 Å². The van der Waals surface area contributed by atoms with Crippen molar-refractivity contribution in [2.45, 2.75) is 32.5 Å².